The maximum Gasteiger partial charge on any atom is 0.149 e. The second-order valence-electron chi connectivity index (χ2n) is 4.86. The van der Waals surface area contributed by atoms with Crippen molar-refractivity contribution in [3.63, 3.8) is 0 Å². The smallest absolute Gasteiger partial charge is 0.149 e. The van der Waals surface area contributed by atoms with Crippen LogP contribution in [0, 0.1) is 11.3 Å². The van der Waals surface area contributed by atoms with Crippen molar-refractivity contribution in [2.24, 2.45) is 0 Å². The molecule has 0 spiro atoms. The molecule has 0 amide bonds. The van der Waals surface area contributed by atoms with Crippen LogP contribution < -0.4 is 5.32 Å². The van der Waals surface area contributed by atoms with E-state index in [9.17, 15) is 5.26 Å². The highest BCUT2D eigenvalue weighted by Gasteiger charge is 2.06. The van der Waals surface area contributed by atoms with Crippen molar-refractivity contribution in [3.8, 4) is 6.07 Å². The number of pyridine rings is 1. The summed E-state index contributed by atoms with van der Waals surface area (Å²) in [4.78, 5) is 4.55. The third-order valence-electron chi connectivity index (χ3n) is 3.47. The summed E-state index contributed by atoms with van der Waals surface area (Å²) in [5.74, 6) is 0.598. The number of aryl methyl sites for hydroxylation is 1. The van der Waals surface area contributed by atoms with Gasteiger partial charge < -0.3 is 5.32 Å². The minimum atomic E-state index is 0.549. The quantitative estimate of drug-likeness (QED) is 0.768. The summed E-state index contributed by atoms with van der Waals surface area (Å²) in [5, 5.41) is 13.5. The van der Waals surface area contributed by atoms with E-state index in [0.29, 0.717) is 11.4 Å². The molecule has 2 aromatic carbocycles. The first kappa shape index (κ1) is 13.1. The number of anilines is 2. The number of nitrogens with one attached hydrogen (secondary N) is 1. The van der Waals surface area contributed by atoms with Crippen LogP contribution in [0.5, 0.6) is 0 Å². The van der Waals surface area contributed by atoms with Gasteiger partial charge in [-0.2, -0.15) is 5.26 Å². The molecule has 0 saturated heterocycles. The van der Waals surface area contributed by atoms with Gasteiger partial charge in [-0.25, -0.2) is 4.98 Å². The number of fused-ring (bicyclic) bond motifs is 1. The molecule has 102 valence electrons. The lowest BCUT2D eigenvalue weighted by molar-refractivity contribution is 1.14. The van der Waals surface area contributed by atoms with Gasteiger partial charge in [0, 0.05) is 11.1 Å². The molecule has 1 aromatic heterocycles. The van der Waals surface area contributed by atoms with Crippen molar-refractivity contribution >= 4 is 22.4 Å². The predicted molar refractivity (Wildman–Crippen MR) is 85.6 cm³/mol. The van der Waals surface area contributed by atoms with Crippen molar-refractivity contribution in [1.82, 2.24) is 4.98 Å². The first-order chi connectivity index (χ1) is 10.3. The number of hydrogen-bond acceptors (Lipinski definition) is 3. The second kappa shape index (κ2) is 5.64. The molecule has 0 bridgehead atoms. The Kier molecular flexibility index (Phi) is 3.53. The molecule has 0 aliphatic heterocycles. The van der Waals surface area contributed by atoms with Gasteiger partial charge in [-0.1, -0.05) is 37.3 Å². The van der Waals surface area contributed by atoms with E-state index >= 15 is 0 Å². The van der Waals surface area contributed by atoms with E-state index in [1.165, 1.54) is 5.56 Å². The summed E-state index contributed by atoms with van der Waals surface area (Å²) in [5.41, 5.74) is 3.65. The molecule has 3 rings (SSSR count). The van der Waals surface area contributed by atoms with Crippen LogP contribution in [0.2, 0.25) is 0 Å². The first-order valence-corrected chi connectivity index (χ1v) is 6.96. The minimum absolute atomic E-state index is 0.549. The highest BCUT2D eigenvalue weighted by molar-refractivity contribution is 5.83. The zero-order valence-electron chi connectivity index (χ0n) is 11.8. The maximum atomic E-state index is 9.31. The zero-order chi connectivity index (χ0) is 14.7. The third-order valence-corrected chi connectivity index (χ3v) is 3.47. The molecular formula is C18H15N3. The van der Waals surface area contributed by atoms with Gasteiger partial charge in [0.2, 0.25) is 0 Å². The molecule has 3 heteroatoms. The normalized spacial score (nSPS) is 10.3. The number of aromatic nitrogens is 1. The first-order valence-electron chi connectivity index (χ1n) is 6.96. The number of benzene rings is 2. The molecule has 0 aliphatic carbocycles. The average molecular weight is 273 g/mol. The lowest BCUT2D eigenvalue weighted by Crippen LogP contribution is -1.97. The lowest BCUT2D eigenvalue weighted by Gasteiger charge is -2.09. The van der Waals surface area contributed by atoms with Crippen LogP contribution in [0.4, 0.5) is 11.5 Å². The van der Waals surface area contributed by atoms with E-state index in [1.807, 2.05) is 42.5 Å². The number of rotatable bonds is 3. The summed E-state index contributed by atoms with van der Waals surface area (Å²) >= 11 is 0. The van der Waals surface area contributed by atoms with Crippen LogP contribution in [0.25, 0.3) is 10.9 Å². The fourth-order valence-electron chi connectivity index (χ4n) is 2.26. The van der Waals surface area contributed by atoms with Crippen LogP contribution in [0.3, 0.4) is 0 Å². The monoisotopic (exact) mass is 273 g/mol. The van der Waals surface area contributed by atoms with Crippen molar-refractivity contribution in [1.29, 1.82) is 5.26 Å². The van der Waals surface area contributed by atoms with E-state index in [0.717, 1.165) is 23.0 Å². The molecule has 0 fully saturated rings. The van der Waals surface area contributed by atoms with E-state index in [4.69, 9.17) is 0 Å². The number of para-hydroxylation sites is 1. The van der Waals surface area contributed by atoms with Crippen molar-refractivity contribution < 1.29 is 0 Å². The number of nitrogens with zero attached hydrogens (tertiary/aromatic N) is 2. The topological polar surface area (TPSA) is 48.7 Å². The Morgan fingerprint density at radius 2 is 1.86 bits per heavy atom. The van der Waals surface area contributed by atoms with Crippen molar-refractivity contribution in [3.05, 3.63) is 65.7 Å². The van der Waals surface area contributed by atoms with E-state index in [2.05, 4.69) is 35.4 Å². The molecule has 3 nitrogen and oxygen atoms in total. The minimum Gasteiger partial charge on any atom is -0.339 e. The zero-order valence-corrected chi connectivity index (χ0v) is 11.8. The summed E-state index contributed by atoms with van der Waals surface area (Å²) in [6, 6.07) is 20.1. The van der Waals surface area contributed by atoms with Gasteiger partial charge in [0.15, 0.2) is 0 Å². The van der Waals surface area contributed by atoms with Gasteiger partial charge in [0.25, 0.3) is 0 Å². The van der Waals surface area contributed by atoms with Gasteiger partial charge >= 0.3 is 0 Å². The number of nitriles is 1. The van der Waals surface area contributed by atoms with Crippen LogP contribution in [0.1, 0.15) is 18.1 Å². The Bertz CT molecular complexity index is 814. The molecular weight excluding hydrogens is 258 g/mol. The Labute approximate surface area is 123 Å². The predicted octanol–water partition coefficient (Wildman–Crippen LogP) is 4.41. The summed E-state index contributed by atoms with van der Waals surface area (Å²) in [6.07, 6.45) is 1.01. The van der Waals surface area contributed by atoms with Crippen LogP contribution in [-0.2, 0) is 6.42 Å². The second-order valence-corrected chi connectivity index (χ2v) is 4.86. The van der Waals surface area contributed by atoms with Gasteiger partial charge in [-0.05, 0) is 36.2 Å². The standard InChI is InChI=1S/C18H15N3/c1-2-13-7-9-16(10-8-13)20-18-15(12-19)11-14-5-3-4-6-17(14)21-18/h3-11H,2H2,1H3,(H,20,21). The van der Waals surface area contributed by atoms with Gasteiger partial charge in [0.05, 0.1) is 11.1 Å². The van der Waals surface area contributed by atoms with Crippen molar-refractivity contribution in [2.75, 3.05) is 5.32 Å². The Balaban J connectivity index is 2.00. The van der Waals surface area contributed by atoms with E-state index in [-0.39, 0.29) is 0 Å². The maximum absolute atomic E-state index is 9.31. The summed E-state index contributed by atoms with van der Waals surface area (Å²) < 4.78 is 0. The lowest BCUT2D eigenvalue weighted by atomic mass is 10.1. The number of hydrogen-bond donors (Lipinski definition) is 1. The highest BCUT2D eigenvalue weighted by atomic mass is 15.0. The van der Waals surface area contributed by atoms with Gasteiger partial charge in [-0.3, -0.25) is 0 Å². The van der Waals surface area contributed by atoms with Crippen LogP contribution >= 0.6 is 0 Å². The summed E-state index contributed by atoms with van der Waals surface area (Å²) in [6.45, 7) is 2.13. The van der Waals surface area contributed by atoms with Crippen LogP contribution in [-0.4, -0.2) is 4.98 Å². The fourth-order valence-corrected chi connectivity index (χ4v) is 2.26. The Morgan fingerprint density at radius 1 is 1.10 bits per heavy atom. The molecule has 1 N–H and O–H groups in total. The molecule has 21 heavy (non-hydrogen) atoms. The Hall–Kier alpha value is -2.86. The molecule has 1 heterocycles. The highest BCUT2D eigenvalue weighted by Crippen LogP contribution is 2.23. The van der Waals surface area contributed by atoms with Crippen LogP contribution in [0.15, 0.2) is 54.6 Å². The Morgan fingerprint density at radius 3 is 2.57 bits per heavy atom. The van der Waals surface area contributed by atoms with E-state index < -0.39 is 0 Å². The van der Waals surface area contributed by atoms with Gasteiger partial charge in [0.1, 0.15) is 11.9 Å². The SMILES string of the molecule is CCc1ccc(Nc2nc3ccccc3cc2C#N)cc1. The molecule has 3 aromatic rings. The van der Waals surface area contributed by atoms with E-state index in [1.54, 1.807) is 0 Å². The summed E-state index contributed by atoms with van der Waals surface area (Å²) in [7, 11) is 0. The molecule has 0 unspecified atom stereocenters. The largest absolute Gasteiger partial charge is 0.339 e. The molecule has 0 saturated carbocycles. The molecule has 0 aliphatic rings. The van der Waals surface area contributed by atoms with Crippen molar-refractivity contribution in [2.45, 2.75) is 13.3 Å². The average Bonchev–Trinajstić information content (AvgIpc) is 2.55. The molecule has 0 radical (unpaired) electrons. The van der Waals surface area contributed by atoms with Gasteiger partial charge in [-0.15, -0.1) is 0 Å². The molecule has 0 atom stereocenters. The third kappa shape index (κ3) is 2.70. The fraction of sp³-hybridized carbons (Fsp3) is 0.111.